The van der Waals surface area contributed by atoms with Crippen LogP contribution in [0, 0.1) is 5.41 Å². The van der Waals surface area contributed by atoms with E-state index in [1.807, 2.05) is 65.9 Å². The van der Waals surface area contributed by atoms with Crippen LogP contribution >= 0.6 is 11.3 Å². The van der Waals surface area contributed by atoms with Crippen molar-refractivity contribution >= 4 is 69.9 Å². The molecule has 1 nitrogen and oxygen atoms in total. The number of hydrogen-bond acceptors (Lipinski definition) is 2. The third-order valence-electron chi connectivity index (χ3n) is 8.10. The van der Waals surface area contributed by atoms with Gasteiger partial charge in [-0.1, -0.05) is 140 Å². The van der Waals surface area contributed by atoms with Gasteiger partial charge in [-0.3, -0.25) is 5.41 Å². The molecule has 6 aromatic carbocycles. The summed E-state index contributed by atoms with van der Waals surface area (Å²) in [6.07, 6.45) is 6.32. The molecular weight excluding hydrogens is 527 g/mol. The molecule has 0 aliphatic rings. The van der Waals surface area contributed by atoms with Gasteiger partial charge in [-0.05, 0) is 51.4 Å². The van der Waals surface area contributed by atoms with E-state index in [0.29, 0.717) is 5.71 Å². The van der Waals surface area contributed by atoms with Crippen molar-refractivity contribution in [1.29, 1.82) is 5.41 Å². The molecule has 42 heavy (non-hydrogen) atoms. The van der Waals surface area contributed by atoms with Crippen molar-refractivity contribution in [3.8, 4) is 0 Å². The first-order chi connectivity index (χ1) is 20.7. The van der Waals surface area contributed by atoms with Crippen molar-refractivity contribution in [2.75, 3.05) is 0 Å². The number of fused-ring (bicyclic) bond motifs is 8. The van der Waals surface area contributed by atoms with E-state index in [0.717, 1.165) is 27.8 Å². The standard InChI is InChI=1S/C40H29NS/c1-3-26(29-17-8-12-21-34(29)38(41)28-15-6-5-7-16-28)25-27(4-2)30-23-14-24-36-37-33-20-11-9-18-31(33)32-19-10-13-22-35(32)40(37)42-39(30)36/h3-25,41H,1H2,2H3/b26-25+,27-4+,41-38?. The first-order valence-corrected chi connectivity index (χ1v) is 15.0. The first kappa shape index (κ1) is 25.9. The molecule has 0 atom stereocenters. The molecule has 0 bridgehead atoms. The smallest absolute Gasteiger partial charge is 0.0690 e. The van der Waals surface area contributed by atoms with Gasteiger partial charge in [0.15, 0.2) is 0 Å². The van der Waals surface area contributed by atoms with Crippen LogP contribution in [-0.2, 0) is 0 Å². The summed E-state index contributed by atoms with van der Waals surface area (Å²) in [5, 5.41) is 16.8. The SMILES string of the molecule is C=C/C(=C\C(=C/C)c1cccc2c1sc1c3ccccc3c3ccccc3c21)c1ccccc1C(=N)c1ccccc1. The topological polar surface area (TPSA) is 23.9 Å². The average Bonchev–Trinajstić information content (AvgIpc) is 3.46. The number of rotatable bonds is 6. The van der Waals surface area contributed by atoms with Gasteiger partial charge in [-0.25, -0.2) is 0 Å². The van der Waals surface area contributed by atoms with E-state index < -0.39 is 0 Å². The second-order valence-corrected chi connectivity index (χ2v) is 11.4. The molecule has 0 fully saturated rings. The number of benzene rings is 6. The van der Waals surface area contributed by atoms with Crippen molar-refractivity contribution in [2.24, 2.45) is 0 Å². The van der Waals surface area contributed by atoms with Crippen LogP contribution in [0.15, 0.2) is 146 Å². The average molecular weight is 556 g/mol. The van der Waals surface area contributed by atoms with Crippen molar-refractivity contribution in [2.45, 2.75) is 6.92 Å². The maximum Gasteiger partial charge on any atom is 0.0690 e. The minimum atomic E-state index is 0.506. The molecule has 0 aliphatic carbocycles. The molecule has 0 spiro atoms. The van der Waals surface area contributed by atoms with Crippen LogP contribution in [0.2, 0.25) is 0 Å². The lowest BCUT2D eigenvalue weighted by Gasteiger charge is -2.13. The Hall–Kier alpha value is -5.05. The maximum absolute atomic E-state index is 9.00. The lowest BCUT2D eigenvalue weighted by molar-refractivity contribution is 1.44. The second kappa shape index (κ2) is 10.7. The fourth-order valence-electron chi connectivity index (χ4n) is 6.10. The van der Waals surface area contributed by atoms with E-state index >= 15 is 0 Å². The highest BCUT2D eigenvalue weighted by Gasteiger charge is 2.17. The Morgan fingerprint density at radius 3 is 1.86 bits per heavy atom. The van der Waals surface area contributed by atoms with E-state index in [1.54, 1.807) is 0 Å². The lowest BCUT2D eigenvalue weighted by atomic mass is 9.91. The third-order valence-corrected chi connectivity index (χ3v) is 9.37. The van der Waals surface area contributed by atoms with E-state index in [9.17, 15) is 0 Å². The Labute approximate surface area is 249 Å². The zero-order valence-electron chi connectivity index (χ0n) is 23.4. The monoisotopic (exact) mass is 555 g/mol. The molecule has 0 unspecified atom stereocenters. The van der Waals surface area contributed by atoms with E-state index in [1.165, 1.54) is 47.3 Å². The quantitative estimate of drug-likeness (QED) is 0.120. The van der Waals surface area contributed by atoms with Crippen molar-refractivity contribution in [3.63, 3.8) is 0 Å². The summed E-state index contributed by atoms with van der Waals surface area (Å²) in [4.78, 5) is 0. The van der Waals surface area contributed by atoms with Gasteiger partial charge in [0.2, 0.25) is 0 Å². The molecule has 0 saturated carbocycles. The molecule has 7 aromatic rings. The summed E-state index contributed by atoms with van der Waals surface area (Å²) in [6, 6.07) is 42.3. The Kier molecular flexibility index (Phi) is 6.62. The molecule has 0 radical (unpaired) electrons. The van der Waals surface area contributed by atoms with Gasteiger partial charge < -0.3 is 0 Å². The van der Waals surface area contributed by atoms with Gasteiger partial charge in [0.05, 0.1) is 5.71 Å². The summed E-state index contributed by atoms with van der Waals surface area (Å²) < 4.78 is 2.61. The summed E-state index contributed by atoms with van der Waals surface area (Å²) >= 11 is 1.88. The Morgan fingerprint density at radius 2 is 1.14 bits per heavy atom. The van der Waals surface area contributed by atoms with Crippen LogP contribution in [0.1, 0.15) is 29.2 Å². The van der Waals surface area contributed by atoms with Crippen LogP contribution in [0.5, 0.6) is 0 Å². The maximum atomic E-state index is 9.00. The minimum Gasteiger partial charge on any atom is -0.300 e. The molecule has 7 rings (SSSR count). The van der Waals surface area contributed by atoms with E-state index in [-0.39, 0.29) is 0 Å². The summed E-state index contributed by atoms with van der Waals surface area (Å²) in [6.45, 7) is 6.29. The van der Waals surface area contributed by atoms with Gasteiger partial charge in [0.25, 0.3) is 0 Å². The van der Waals surface area contributed by atoms with Crippen LogP contribution in [0.3, 0.4) is 0 Å². The highest BCUT2D eigenvalue weighted by atomic mass is 32.1. The van der Waals surface area contributed by atoms with Crippen LogP contribution in [-0.4, -0.2) is 5.71 Å². The van der Waals surface area contributed by atoms with Crippen molar-refractivity contribution in [3.05, 3.63) is 168 Å². The van der Waals surface area contributed by atoms with Crippen molar-refractivity contribution < 1.29 is 0 Å². The van der Waals surface area contributed by atoms with Gasteiger partial charge in [0, 0.05) is 36.7 Å². The zero-order valence-corrected chi connectivity index (χ0v) is 24.2. The number of nitrogens with one attached hydrogen (secondary N) is 1. The van der Waals surface area contributed by atoms with Gasteiger partial charge in [-0.2, -0.15) is 0 Å². The van der Waals surface area contributed by atoms with Crippen molar-refractivity contribution in [1.82, 2.24) is 0 Å². The summed E-state index contributed by atoms with van der Waals surface area (Å²) in [7, 11) is 0. The fraction of sp³-hybridized carbons (Fsp3) is 0.0250. The number of allylic oxidation sites excluding steroid dienone is 5. The highest BCUT2D eigenvalue weighted by Crippen LogP contribution is 2.46. The molecule has 0 saturated heterocycles. The predicted molar refractivity (Wildman–Crippen MR) is 185 cm³/mol. The largest absolute Gasteiger partial charge is 0.300 e. The normalized spacial score (nSPS) is 12.4. The zero-order chi connectivity index (χ0) is 28.6. The Balaban J connectivity index is 1.43. The molecular formula is C40H29NS. The molecule has 0 amide bonds. The van der Waals surface area contributed by atoms with E-state index in [4.69, 9.17) is 5.41 Å². The fourth-order valence-corrected chi connectivity index (χ4v) is 7.49. The molecule has 2 heteroatoms. The molecule has 1 heterocycles. The van der Waals surface area contributed by atoms with Gasteiger partial charge in [-0.15, -0.1) is 11.3 Å². The Bertz CT molecular complexity index is 2230. The molecule has 1 aromatic heterocycles. The van der Waals surface area contributed by atoms with Gasteiger partial charge >= 0.3 is 0 Å². The van der Waals surface area contributed by atoms with E-state index in [2.05, 4.69) is 98.5 Å². The second-order valence-electron chi connectivity index (χ2n) is 10.4. The lowest BCUT2D eigenvalue weighted by Crippen LogP contribution is -2.04. The molecule has 0 aliphatic heterocycles. The summed E-state index contributed by atoms with van der Waals surface area (Å²) in [5.41, 5.74) is 6.63. The molecule has 1 N–H and O–H groups in total. The van der Waals surface area contributed by atoms with Crippen LogP contribution in [0.25, 0.3) is 52.9 Å². The van der Waals surface area contributed by atoms with Crippen LogP contribution in [0.4, 0.5) is 0 Å². The minimum absolute atomic E-state index is 0.506. The first-order valence-electron chi connectivity index (χ1n) is 14.2. The van der Waals surface area contributed by atoms with Crippen LogP contribution < -0.4 is 0 Å². The van der Waals surface area contributed by atoms with Gasteiger partial charge in [0.1, 0.15) is 0 Å². The molecule has 200 valence electrons. The predicted octanol–water partition coefficient (Wildman–Crippen LogP) is 11.4. The third kappa shape index (κ3) is 4.20. The highest BCUT2D eigenvalue weighted by molar-refractivity contribution is 7.27. The summed E-state index contributed by atoms with van der Waals surface area (Å²) in [5.74, 6) is 0. The Morgan fingerprint density at radius 1 is 0.571 bits per heavy atom. The number of thiophene rings is 1. The number of hydrogen-bond donors (Lipinski definition) is 1.